The molecule has 1 aromatic rings. The molecule has 1 aromatic heterocycles. The summed E-state index contributed by atoms with van der Waals surface area (Å²) in [5.41, 5.74) is -0.0448. The second-order valence-corrected chi connectivity index (χ2v) is 5.91. The summed E-state index contributed by atoms with van der Waals surface area (Å²) in [6.45, 7) is 4.44. The van der Waals surface area contributed by atoms with Crippen molar-refractivity contribution in [3.63, 3.8) is 0 Å². The van der Waals surface area contributed by atoms with Crippen molar-refractivity contribution >= 4 is 5.97 Å². The first-order chi connectivity index (χ1) is 11.2. The van der Waals surface area contributed by atoms with Crippen molar-refractivity contribution in [2.75, 3.05) is 46.5 Å². The van der Waals surface area contributed by atoms with Gasteiger partial charge < -0.3 is 14.6 Å². The number of hydrogen-bond donors (Lipinski definition) is 1. The first kappa shape index (κ1) is 16.1. The Hall–Kier alpha value is -1.77. The quantitative estimate of drug-likeness (QED) is 0.800. The monoisotopic (exact) mass is 322 g/mol. The topological polar surface area (TPSA) is 88.0 Å². The Labute approximate surface area is 135 Å². The molecule has 0 aliphatic carbocycles. The lowest BCUT2D eigenvalue weighted by Crippen LogP contribution is -2.61. The molecule has 8 heteroatoms. The van der Waals surface area contributed by atoms with E-state index in [0.717, 1.165) is 18.8 Å². The summed E-state index contributed by atoms with van der Waals surface area (Å²) in [4.78, 5) is 24.5. The number of rotatable bonds is 5. The molecule has 0 aromatic carbocycles. The molecular weight excluding hydrogens is 300 g/mol. The summed E-state index contributed by atoms with van der Waals surface area (Å²) >= 11 is 0. The van der Waals surface area contributed by atoms with Gasteiger partial charge in [0.2, 0.25) is 5.88 Å². The number of carbonyl (C=O) groups is 1. The van der Waals surface area contributed by atoms with Crippen LogP contribution < -0.4 is 4.74 Å². The summed E-state index contributed by atoms with van der Waals surface area (Å²) in [6, 6.07) is 0. The molecule has 2 fully saturated rings. The first-order valence-electron chi connectivity index (χ1n) is 7.78. The van der Waals surface area contributed by atoms with E-state index in [2.05, 4.69) is 14.9 Å². The Morgan fingerprint density at radius 2 is 2.09 bits per heavy atom. The Kier molecular flexibility index (Phi) is 4.74. The van der Waals surface area contributed by atoms with Crippen LogP contribution >= 0.6 is 0 Å². The highest BCUT2D eigenvalue weighted by Gasteiger charge is 2.48. The number of methoxy groups -OCH3 is 1. The number of carboxylic acids is 1. The lowest BCUT2D eigenvalue weighted by molar-refractivity contribution is -0.153. The maximum absolute atomic E-state index is 11.7. The van der Waals surface area contributed by atoms with Gasteiger partial charge in [-0.05, 0) is 0 Å². The van der Waals surface area contributed by atoms with Gasteiger partial charge in [0.25, 0.3) is 0 Å². The Morgan fingerprint density at radius 3 is 2.70 bits per heavy atom. The fourth-order valence-electron chi connectivity index (χ4n) is 3.29. The third-order valence-electron chi connectivity index (χ3n) is 4.68. The molecule has 0 bridgehead atoms. The largest absolute Gasteiger partial charge is 0.480 e. The molecule has 2 saturated heterocycles. The van der Waals surface area contributed by atoms with Gasteiger partial charge in [0.15, 0.2) is 0 Å². The zero-order valence-corrected chi connectivity index (χ0v) is 13.3. The van der Waals surface area contributed by atoms with Gasteiger partial charge in [0.05, 0.1) is 13.7 Å². The molecule has 8 nitrogen and oxygen atoms in total. The van der Waals surface area contributed by atoms with E-state index in [1.54, 1.807) is 19.5 Å². The van der Waals surface area contributed by atoms with E-state index in [4.69, 9.17) is 9.47 Å². The fourth-order valence-corrected chi connectivity index (χ4v) is 3.29. The van der Waals surface area contributed by atoms with Crippen molar-refractivity contribution in [3.05, 3.63) is 18.1 Å². The number of nitrogens with zero attached hydrogens (tertiary/aromatic N) is 4. The Bertz CT molecular complexity index is 554. The molecule has 0 saturated carbocycles. The number of ether oxygens (including phenoxy) is 2. The van der Waals surface area contributed by atoms with Crippen molar-refractivity contribution in [2.45, 2.75) is 18.5 Å². The van der Waals surface area contributed by atoms with Gasteiger partial charge in [0, 0.05) is 58.1 Å². The molecule has 1 unspecified atom stereocenters. The lowest BCUT2D eigenvalue weighted by atomic mass is 9.95. The van der Waals surface area contributed by atoms with Crippen LogP contribution in [-0.4, -0.2) is 82.9 Å². The zero-order valence-electron chi connectivity index (χ0n) is 13.3. The zero-order chi connectivity index (χ0) is 16.3. The van der Waals surface area contributed by atoms with E-state index < -0.39 is 11.5 Å². The number of hydrogen-bond acceptors (Lipinski definition) is 7. The smallest absolute Gasteiger partial charge is 0.326 e. The van der Waals surface area contributed by atoms with E-state index in [9.17, 15) is 9.90 Å². The van der Waals surface area contributed by atoms with Crippen LogP contribution in [0.4, 0.5) is 0 Å². The highest BCUT2D eigenvalue weighted by molar-refractivity contribution is 5.79. The van der Waals surface area contributed by atoms with Gasteiger partial charge in [-0.3, -0.25) is 19.6 Å². The maximum Gasteiger partial charge on any atom is 0.326 e. The van der Waals surface area contributed by atoms with Gasteiger partial charge >= 0.3 is 5.97 Å². The SMILES string of the molecule is COc1nccnc1CN1CCN(C2(C(=O)O)CCOC2)CC1. The fraction of sp³-hybridized carbons (Fsp3) is 0.667. The standard InChI is InChI=1S/C15H22N4O4/c1-22-13-12(16-3-4-17-13)10-18-5-7-19(8-6-18)15(14(20)21)2-9-23-11-15/h3-4H,2,5-11H2,1H3,(H,20,21). The summed E-state index contributed by atoms with van der Waals surface area (Å²) in [5.74, 6) is -0.236. The van der Waals surface area contributed by atoms with Gasteiger partial charge in [-0.25, -0.2) is 4.98 Å². The summed E-state index contributed by atoms with van der Waals surface area (Å²) in [7, 11) is 1.59. The molecule has 0 spiro atoms. The Morgan fingerprint density at radius 1 is 1.35 bits per heavy atom. The number of aromatic nitrogens is 2. The summed E-state index contributed by atoms with van der Waals surface area (Å²) in [5, 5.41) is 9.62. The van der Waals surface area contributed by atoms with Crippen LogP contribution in [0.25, 0.3) is 0 Å². The van der Waals surface area contributed by atoms with E-state index in [0.29, 0.717) is 38.5 Å². The van der Waals surface area contributed by atoms with Gasteiger partial charge in [-0.1, -0.05) is 0 Å². The van der Waals surface area contributed by atoms with Crippen LogP contribution in [0.2, 0.25) is 0 Å². The number of piperazine rings is 1. The molecule has 1 N–H and O–H groups in total. The van der Waals surface area contributed by atoms with Crippen LogP contribution in [-0.2, 0) is 16.1 Å². The summed E-state index contributed by atoms with van der Waals surface area (Å²) < 4.78 is 10.6. The second kappa shape index (κ2) is 6.77. The molecule has 2 aliphatic heterocycles. The lowest BCUT2D eigenvalue weighted by Gasteiger charge is -2.42. The Balaban J connectivity index is 1.61. The average molecular weight is 322 g/mol. The van der Waals surface area contributed by atoms with Crippen LogP contribution in [0.5, 0.6) is 5.88 Å². The summed E-state index contributed by atoms with van der Waals surface area (Å²) in [6.07, 6.45) is 3.82. The second-order valence-electron chi connectivity index (χ2n) is 5.91. The van der Waals surface area contributed by atoms with E-state index in [1.807, 2.05) is 4.90 Å². The van der Waals surface area contributed by atoms with Crippen LogP contribution in [0.1, 0.15) is 12.1 Å². The maximum atomic E-state index is 11.7. The van der Waals surface area contributed by atoms with Gasteiger partial charge in [-0.15, -0.1) is 0 Å². The predicted octanol–water partition coefficient (Wildman–Crippen LogP) is -0.153. The van der Waals surface area contributed by atoms with Crippen LogP contribution in [0.15, 0.2) is 12.4 Å². The molecule has 0 radical (unpaired) electrons. The molecule has 3 rings (SSSR count). The number of carboxylic acid groups (broad SMARTS) is 1. The van der Waals surface area contributed by atoms with Crippen molar-refractivity contribution in [1.29, 1.82) is 0 Å². The molecule has 0 amide bonds. The highest BCUT2D eigenvalue weighted by Crippen LogP contribution is 2.28. The van der Waals surface area contributed by atoms with Crippen LogP contribution in [0.3, 0.4) is 0 Å². The first-order valence-corrected chi connectivity index (χ1v) is 7.78. The van der Waals surface area contributed by atoms with Gasteiger partial charge in [0.1, 0.15) is 11.2 Å². The van der Waals surface area contributed by atoms with E-state index >= 15 is 0 Å². The van der Waals surface area contributed by atoms with Gasteiger partial charge in [-0.2, -0.15) is 0 Å². The predicted molar refractivity (Wildman–Crippen MR) is 81.2 cm³/mol. The number of aliphatic carboxylic acids is 1. The third-order valence-corrected chi connectivity index (χ3v) is 4.68. The minimum Gasteiger partial charge on any atom is -0.480 e. The van der Waals surface area contributed by atoms with Crippen molar-refractivity contribution < 1.29 is 19.4 Å². The molecular formula is C15H22N4O4. The normalized spacial score (nSPS) is 26.3. The highest BCUT2D eigenvalue weighted by atomic mass is 16.5. The average Bonchev–Trinajstić information content (AvgIpc) is 3.07. The molecule has 23 heavy (non-hydrogen) atoms. The molecule has 1 atom stereocenters. The van der Waals surface area contributed by atoms with E-state index in [1.165, 1.54) is 0 Å². The van der Waals surface area contributed by atoms with E-state index in [-0.39, 0.29) is 6.61 Å². The molecule has 3 heterocycles. The van der Waals surface area contributed by atoms with Crippen molar-refractivity contribution in [3.8, 4) is 5.88 Å². The minimum atomic E-state index is -0.851. The van der Waals surface area contributed by atoms with Crippen molar-refractivity contribution in [1.82, 2.24) is 19.8 Å². The van der Waals surface area contributed by atoms with Crippen molar-refractivity contribution in [2.24, 2.45) is 0 Å². The third kappa shape index (κ3) is 3.15. The molecule has 2 aliphatic rings. The minimum absolute atomic E-state index is 0.278. The molecule has 126 valence electrons. The van der Waals surface area contributed by atoms with Crippen LogP contribution in [0, 0.1) is 0 Å².